The average molecular weight is 393 g/mol. The molecule has 0 spiro atoms. The standard InChI is InChI=1S/C22H27N5O2/c1-2-5-19-7-3-8-20(22(19)29)15-24-25-21(28)17-27-12-10-26(11-13-27)16-18-6-4-9-23-14-18/h2-4,6-9,14-15,29H,1,5,10-13,16-17H2,(H,25,28)/b24-15+. The van der Waals surface area contributed by atoms with Gasteiger partial charge < -0.3 is 5.11 Å². The maximum Gasteiger partial charge on any atom is 0.254 e. The molecule has 1 aromatic heterocycles. The predicted molar refractivity (Wildman–Crippen MR) is 114 cm³/mol. The smallest absolute Gasteiger partial charge is 0.254 e. The van der Waals surface area contributed by atoms with E-state index in [9.17, 15) is 9.90 Å². The van der Waals surface area contributed by atoms with Crippen molar-refractivity contribution in [2.45, 2.75) is 13.0 Å². The molecule has 0 radical (unpaired) electrons. The Labute approximate surface area is 171 Å². The SMILES string of the molecule is C=CCc1cccc(/C=N/NC(=O)CN2CCN(Cc3cccnc3)CC2)c1O. The number of piperazine rings is 1. The molecule has 1 amide bonds. The fourth-order valence-corrected chi connectivity index (χ4v) is 3.30. The monoisotopic (exact) mass is 393 g/mol. The second-order valence-corrected chi connectivity index (χ2v) is 7.05. The maximum absolute atomic E-state index is 12.2. The van der Waals surface area contributed by atoms with Gasteiger partial charge in [-0.25, -0.2) is 5.43 Å². The van der Waals surface area contributed by atoms with Gasteiger partial charge in [-0.1, -0.05) is 24.3 Å². The van der Waals surface area contributed by atoms with Gasteiger partial charge in [-0.3, -0.25) is 19.6 Å². The van der Waals surface area contributed by atoms with Crippen molar-refractivity contribution >= 4 is 12.1 Å². The number of amides is 1. The van der Waals surface area contributed by atoms with E-state index in [1.807, 2.05) is 24.4 Å². The van der Waals surface area contributed by atoms with Crippen LogP contribution in [0.4, 0.5) is 0 Å². The molecule has 0 bridgehead atoms. The molecule has 0 atom stereocenters. The summed E-state index contributed by atoms with van der Waals surface area (Å²) in [5.74, 6) is -0.00108. The Morgan fingerprint density at radius 2 is 2.00 bits per heavy atom. The van der Waals surface area contributed by atoms with E-state index < -0.39 is 0 Å². The summed E-state index contributed by atoms with van der Waals surface area (Å²) in [6, 6.07) is 9.45. The first-order valence-electron chi connectivity index (χ1n) is 9.73. The lowest BCUT2D eigenvalue weighted by Crippen LogP contribution is -2.48. The van der Waals surface area contributed by atoms with Gasteiger partial charge in [-0.15, -0.1) is 6.58 Å². The fourth-order valence-electron chi connectivity index (χ4n) is 3.30. The van der Waals surface area contributed by atoms with Gasteiger partial charge in [0, 0.05) is 50.7 Å². The molecule has 1 aliphatic rings. The van der Waals surface area contributed by atoms with E-state index in [2.05, 4.69) is 38.0 Å². The highest BCUT2D eigenvalue weighted by Gasteiger charge is 2.18. The quantitative estimate of drug-likeness (QED) is 0.406. The van der Waals surface area contributed by atoms with Crippen LogP contribution in [-0.4, -0.2) is 64.7 Å². The van der Waals surface area contributed by atoms with Crippen LogP contribution < -0.4 is 5.43 Å². The lowest BCUT2D eigenvalue weighted by atomic mass is 10.1. The molecule has 2 aromatic rings. The summed E-state index contributed by atoms with van der Waals surface area (Å²) in [6.45, 7) is 8.36. The number of aromatic hydroxyl groups is 1. The van der Waals surface area contributed by atoms with Crippen molar-refractivity contribution in [3.63, 3.8) is 0 Å². The summed E-state index contributed by atoms with van der Waals surface area (Å²) in [4.78, 5) is 20.8. The Hall–Kier alpha value is -3.03. The van der Waals surface area contributed by atoms with E-state index in [-0.39, 0.29) is 11.7 Å². The van der Waals surface area contributed by atoms with E-state index in [0.29, 0.717) is 18.5 Å². The number of hydrogen-bond acceptors (Lipinski definition) is 6. The molecule has 29 heavy (non-hydrogen) atoms. The van der Waals surface area contributed by atoms with Crippen molar-refractivity contribution in [1.82, 2.24) is 20.2 Å². The van der Waals surface area contributed by atoms with Gasteiger partial charge in [0.1, 0.15) is 5.75 Å². The van der Waals surface area contributed by atoms with Crippen LogP contribution in [-0.2, 0) is 17.8 Å². The molecule has 3 rings (SSSR count). The van der Waals surface area contributed by atoms with Crippen LogP contribution in [0.1, 0.15) is 16.7 Å². The van der Waals surface area contributed by atoms with Gasteiger partial charge >= 0.3 is 0 Å². The number of carbonyl (C=O) groups excluding carboxylic acids is 1. The van der Waals surface area contributed by atoms with Gasteiger partial charge in [0.25, 0.3) is 5.91 Å². The summed E-state index contributed by atoms with van der Waals surface area (Å²) in [5, 5.41) is 14.2. The van der Waals surface area contributed by atoms with Crippen LogP contribution in [0, 0.1) is 0 Å². The Morgan fingerprint density at radius 3 is 2.72 bits per heavy atom. The van der Waals surface area contributed by atoms with E-state index in [0.717, 1.165) is 38.3 Å². The van der Waals surface area contributed by atoms with Crippen LogP contribution in [0.25, 0.3) is 0 Å². The summed E-state index contributed by atoms with van der Waals surface area (Å²) < 4.78 is 0. The van der Waals surface area contributed by atoms with Gasteiger partial charge in [0.2, 0.25) is 0 Å². The Morgan fingerprint density at radius 1 is 1.21 bits per heavy atom. The van der Waals surface area contributed by atoms with Gasteiger partial charge in [0.05, 0.1) is 12.8 Å². The van der Waals surface area contributed by atoms with Gasteiger partial charge in [0.15, 0.2) is 0 Å². The van der Waals surface area contributed by atoms with Crippen molar-refractivity contribution in [3.8, 4) is 5.75 Å². The third kappa shape index (κ3) is 6.23. The third-order valence-corrected chi connectivity index (χ3v) is 4.87. The van der Waals surface area contributed by atoms with Crippen LogP contribution in [0.2, 0.25) is 0 Å². The number of hydrazone groups is 1. The number of rotatable bonds is 8. The lowest BCUT2D eigenvalue weighted by molar-refractivity contribution is -0.122. The van der Waals surface area contributed by atoms with Crippen LogP contribution in [0.5, 0.6) is 5.75 Å². The number of benzene rings is 1. The summed E-state index contributed by atoms with van der Waals surface area (Å²) in [7, 11) is 0. The van der Waals surface area contributed by atoms with E-state index in [4.69, 9.17) is 0 Å². The predicted octanol–water partition coefficient (Wildman–Crippen LogP) is 1.78. The lowest BCUT2D eigenvalue weighted by Gasteiger charge is -2.34. The molecule has 0 saturated carbocycles. The van der Waals surface area contributed by atoms with Gasteiger partial charge in [-0.05, 0) is 29.7 Å². The van der Waals surface area contributed by atoms with Crippen molar-refractivity contribution in [3.05, 3.63) is 72.1 Å². The van der Waals surface area contributed by atoms with Gasteiger partial charge in [-0.2, -0.15) is 5.10 Å². The number of pyridine rings is 1. The van der Waals surface area contributed by atoms with Crippen LogP contribution >= 0.6 is 0 Å². The largest absolute Gasteiger partial charge is 0.507 e. The highest BCUT2D eigenvalue weighted by Crippen LogP contribution is 2.21. The highest BCUT2D eigenvalue weighted by atomic mass is 16.3. The molecule has 1 aromatic carbocycles. The molecule has 152 valence electrons. The Kier molecular flexibility index (Phi) is 7.49. The summed E-state index contributed by atoms with van der Waals surface area (Å²) in [6.07, 6.45) is 7.44. The Balaban J connectivity index is 1.42. The topological polar surface area (TPSA) is 81.1 Å². The second-order valence-electron chi connectivity index (χ2n) is 7.05. The number of hydrogen-bond donors (Lipinski definition) is 2. The molecular formula is C22H27N5O2. The molecule has 0 aliphatic carbocycles. The number of phenols is 1. The first kappa shape index (κ1) is 20.7. The molecule has 7 heteroatoms. The second kappa shape index (κ2) is 10.5. The summed E-state index contributed by atoms with van der Waals surface area (Å²) >= 11 is 0. The first-order valence-corrected chi connectivity index (χ1v) is 9.73. The van der Waals surface area contributed by atoms with E-state index in [1.54, 1.807) is 18.3 Å². The third-order valence-electron chi connectivity index (χ3n) is 4.87. The van der Waals surface area contributed by atoms with Crippen molar-refractivity contribution in [1.29, 1.82) is 0 Å². The zero-order valence-electron chi connectivity index (χ0n) is 16.5. The summed E-state index contributed by atoms with van der Waals surface area (Å²) in [5.41, 5.74) is 5.09. The molecule has 1 aliphatic heterocycles. The van der Waals surface area contributed by atoms with Crippen molar-refractivity contribution < 1.29 is 9.90 Å². The Bertz CT molecular complexity index is 846. The first-order chi connectivity index (χ1) is 14.2. The van der Waals surface area contributed by atoms with Crippen LogP contribution in [0.15, 0.2) is 60.5 Å². The van der Waals surface area contributed by atoms with Crippen molar-refractivity contribution in [2.75, 3.05) is 32.7 Å². The van der Waals surface area contributed by atoms with E-state index in [1.165, 1.54) is 11.8 Å². The zero-order valence-corrected chi connectivity index (χ0v) is 16.5. The molecule has 1 fully saturated rings. The molecule has 2 N–H and O–H groups in total. The molecule has 1 saturated heterocycles. The average Bonchev–Trinajstić information content (AvgIpc) is 2.73. The number of para-hydroxylation sites is 1. The number of carbonyl (C=O) groups is 1. The highest BCUT2D eigenvalue weighted by molar-refractivity contribution is 5.86. The number of nitrogens with one attached hydrogen (secondary N) is 1. The number of phenolic OH excluding ortho intramolecular Hbond substituents is 1. The molecular weight excluding hydrogens is 366 g/mol. The minimum atomic E-state index is -0.163. The number of allylic oxidation sites excluding steroid dienone is 1. The number of nitrogens with zero attached hydrogens (tertiary/aromatic N) is 4. The fraction of sp³-hybridized carbons (Fsp3) is 0.318. The molecule has 0 unspecified atom stereocenters. The minimum absolute atomic E-state index is 0.162. The maximum atomic E-state index is 12.2. The zero-order chi connectivity index (χ0) is 20.5. The van der Waals surface area contributed by atoms with E-state index >= 15 is 0 Å². The van der Waals surface area contributed by atoms with Crippen LogP contribution in [0.3, 0.4) is 0 Å². The minimum Gasteiger partial charge on any atom is -0.507 e. The molecule has 2 heterocycles. The molecule has 7 nitrogen and oxygen atoms in total. The number of aromatic nitrogens is 1. The van der Waals surface area contributed by atoms with Crippen molar-refractivity contribution in [2.24, 2.45) is 5.10 Å². The normalized spacial score (nSPS) is 15.4.